The van der Waals surface area contributed by atoms with Crippen LogP contribution in [0.5, 0.6) is 5.75 Å². The third-order valence-electron chi connectivity index (χ3n) is 4.51. The number of pyridine rings is 1. The van der Waals surface area contributed by atoms with E-state index >= 15 is 0 Å². The quantitative estimate of drug-likeness (QED) is 0.568. The predicted octanol–water partition coefficient (Wildman–Crippen LogP) is 3.38. The maximum atomic E-state index is 13.1. The topological polar surface area (TPSA) is 80.8 Å². The molecule has 0 radical (unpaired) electrons. The second-order valence-corrected chi connectivity index (χ2v) is 7.52. The minimum Gasteiger partial charge on any atom is -0.496 e. The van der Waals surface area contributed by atoms with E-state index in [1.807, 2.05) is 39.0 Å². The van der Waals surface area contributed by atoms with Crippen LogP contribution in [0.4, 0.5) is 0 Å². The van der Waals surface area contributed by atoms with Gasteiger partial charge in [-0.05, 0) is 56.5 Å². The van der Waals surface area contributed by atoms with Crippen molar-refractivity contribution in [1.82, 2.24) is 15.4 Å². The van der Waals surface area contributed by atoms with E-state index in [1.54, 1.807) is 12.1 Å². The first kappa shape index (κ1) is 22.4. The fourth-order valence-electron chi connectivity index (χ4n) is 3.02. The summed E-state index contributed by atoms with van der Waals surface area (Å²) in [6.07, 6.45) is 2.16. The third kappa shape index (κ3) is 5.32. The van der Waals surface area contributed by atoms with Crippen LogP contribution < -0.4 is 10.2 Å². The van der Waals surface area contributed by atoms with Gasteiger partial charge in [0.1, 0.15) is 11.4 Å². The summed E-state index contributed by atoms with van der Waals surface area (Å²) in [5.74, 6) is 0.0581. The number of benzene rings is 1. The highest BCUT2D eigenvalue weighted by Gasteiger charge is 2.28. The standard InChI is InChI=1S/C22H29N3O4/c1-7-17-15(9-8-10-19(17)28-5)14-24-25(22(2,3)4)20(26)18-12-11-16(13-23-18)21(27)29-6/h8-13,24H,7,14H2,1-6H3. The molecule has 7 nitrogen and oxygen atoms in total. The average molecular weight is 399 g/mol. The van der Waals surface area contributed by atoms with E-state index in [0.29, 0.717) is 12.1 Å². The molecular formula is C22H29N3O4. The lowest BCUT2D eigenvalue weighted by Gasteiger charge is -2.36. The van der Waals surface area contributed by atoms with Gasteiger partial charge in [-0.3, -0.25) is 14.8 Å². The van der Waals surface area contributed by atoms with Crippen LogP contribution in [0.3, 0.4) is 0 Å². The van der Waals surface area contributed by atoms with Crippen LogP contribution in [0, 0.1) is 0 Å². The molecular weight excluding hydrogens is 370 g/mol. The zero-order valence-electron chi connectivity index (χ0n) is 17.9. The van der Waals surface area contributed by atoms with Gasteiger partial charge in [-0.15, -0.1) is 0 Å². The van der Waals surface area contributed by atoms with Crippen LogP contribution >= 0.6 is 0 Å². The summed E-state index contributed by atoms with van der Waals surface area (Å²) in [7, 11) is 2.95. The Morgan fingerprint density at radius 2 is 1.86 bits per heavy atom. The van der Waals surface area contributed by atoms with Crippen molar-refractivity contribution in [2.45, 2.75) is 46.2 Å². The number of ether oxygens (including phenoxy) is 2. The van der Waals surface area contributed by atoms with Gasteiger partial charge in [0.05, 0.1) is 25.3 Å². The zero-order valence-corrected chi connectivity index (χ0v) is 17.9. The van der Waals surface area contributed by atoms with Crippen molar-refractivity contribution in [3.8, 4) is 5.75 Å². The summed E-state index contributed by atoms with van der Waals surface area (Å²) in [4.78, 5) is 28.8. The predicted molar refractivity (Wildman–Crippen MR) is 111 cm³/mol. The number of carbonyl (C=O) groups is 2. The first-order valence-corrected chi connectivity index (χ1v) is 9.50. The van der Waals surface area contributed by atoms with Crippen LogP contribution in [0.15, 0.2) is 36.5 Å². The van der Waals surface area contributed by atoms with Gasteiger partial charge >= 0.3 is 5.97 Å². The largest absolute Gasteiger partial charge is 0.496 e. The van der Waals surface area contributed by atoms with Crippen molar-refractivity contribution in [3.05, 3.63) is 58.9 Å². The Labute approximate surface area is 172 Å². The Morgan fingerprint density at radius 1 is 1.14 bits per heavy atom. The van der Waals surface area contributed by atoms with Gasteiger partial charge in [-0.2, -0.15) is 0 Å². The molecule has 1 heterocycles. The number of hydrogen-bond acceptors (Lipinski definition) is 6. The van der Waals surface area contributed by atoms with E-state index in [1.165, 1.54) is 25.4 Å². The Kier molecular flexibility index (Phi) is 7.34. The lowest BCUT2D eigenvalue weighted by molar-refractivity contribution is 0.0383. The molecule has 1 amide bonds. The van der Waals surface area contributed by atoms with E-state index in [-0.39, 0.29) is 11.6 Å². The normalized spacial score (nSPS) is 11.1. The number of hydrogen-bond donors (Lipinski definition) is 1. The maximum absolute atomic E-state index is 13.1. The Hall–Kier alpha value is -2.93. The molecule has 1 aromatic heterocycles. The Morgan fingerprint density at radius 3 is 2.38 bits per heavy atom. The van der Waals surface area contributed by atoms with Crippen LogP contribution in [0.1, 0.15) is 59.7 Å². The summed E-state index contributed by atoms with van der Waals surface area (Å²) >= 11 is 0. The van der Waals surface area contributed by atoms with E-state index in [2.05, 4.69) is 22.1 Å². The third-order valence-corrected chi connectivity index (χ3v) is 4.51. The molecule has 0 saturated heterocycles. The van der Waals surface area contributed by atoms with Crippen molar-refractivity contribution < 1.29 is 19.1 Å². The zero-order chi connectivity index (χ0) is 21.6. The number of methoxy groups -OCH3 is 2. The highest BCUT2D eigenvalue weighted by Crippen LogP contribution is 2.23. The molecule has 156 valence electrons. The number of nitrogens with one attached hydrogen (secondary N) is 1. The minimum atomic E-state index is -0.495. The Balaban J connectivity index is 2.25. The first-order chi connectivity index (χ1) is 13.7. The highest BCUT2D eigenvalue weighted by molar-refractivity contribution is 5.94. The molecule has 2 aromatic rings. The molecule has 0 aliphatic rings. The molecule has 0 unspecified atom stereocenters. The number of aromatic nitrogens is 1. The molecule has 1 aromatic carbocycles. The molecule has 0 aliphatic carbocycles. The number of nitrogens with zero attached hydrogens (tertiary/aromatic N) is 2. The molecule has 1 N–H and O–H groups in total. The first-order valence-electron chi connectivity index (χ1n) is 9.50. The van der Waals surface area contributed by atoms with Gasteiger partial charge in [0.25, 0.3) is 5.91 Å². The van der Waals surface area contributed by atoms with Gasteiger partial charge < -0.3 is 9.47 Å². The van der Waals surface area contributed by atoms with Gasteiger partial charge in [-0.1, -0.05) is 19.1 Å². The van der Waals surface area contributed by atoms with Crippen LogP contribution in [0.2, 0.25) is 0 Å². The van der Waals surface area contributed by atoms with Gasteiger partial charge in [0.2, 0.25) is 0 Å². The van der Waals surface area contributed by atoms with Crippen molar-refractivity contribution in [3.63, 3.8) is 0 Å². The molecule has 29 heavy (non-hydrogen) atoms. The Bertz CT molecular complexity index is 857. The lowest BCUT2D eigenvalue weighted by atomic mass is 10.0. The summed E-state index contributed by atoms with van der Waals surface area (Å²) in [6, 6.07) is 8.94. The van der Waals surface area contributed by atoms with E-state index < -0.39 is 11.5 Å². The summed E-state index contributed by atoms with van der Waals surface area (Å²) in [6.45, 7) is 8.34. The monoisotopic (exact) mass is 399 g/mol. The minimum absolute atomic E-state index is 0.237. The van der Waals surface area contributed by atoms with Gasteiger partial charge in [0, 0.05) is 12.7 Å². The molecule has 0 saturated carbocycles. The van der Waals surface area contributed by atoms with Crippen LogP contribution in [0.25, 0.3) is 0 Å². The second-order valence-electron chi connectivity index (χ2n) is 7.52. The molecule has 0 atom stereocenters. The summed E-state index contributed by atoms with van der Waals surface area (Å²) < 4.78 is 10.1. The maximum Gasteiger partial charge on any atom is 0.339 e. The van der Waals surface area contributed by atoms with E-state index in [0.717, 1.165) is 23.3 Å². The summed E-state index contributed by atoms with van der Waals surface area (Å²) in [5, 5.41) is 1.56. The number of amides is 1. The lowest BCUT2D eigenvalue weighted by Crippen LogP contribution is -2.53. The van der Waals surface area contributed by atoms with E-state index in [9.17, 15) is 9.59 Å². The smallest absolute Gasteiger partial charge is 0.339 e. The van der Waals surface area contributed by atoms with Crippen LogP contribution in [-0.4, -0.2) is 41.6 Å². The van der Waals surface area contributed by atoms with Crippen molar-refractivity contribution >= 4 is 11.9 Å². The van der Waals surface area contributed by atoms with Crippen LogP contribution in [-0.2, 0) is 17.7 Å². The second kappa shape index (κ2) is 9.52. The SMILES string of the molecule is CCc1c(CNN(C(=O)c2ccc(C(=O)OC)cn2)C(C)(C)C)cccc1OC. The molecule has 7 heteroatoms. The van der Waals surface area contributed by atoms with Gasteiger partial charge in [0.15, 0.2) is 0 Å². The molecule has 0 fully saturated rings. The number of rotatable bonds is 7. The van der Waals surface area contributed by atoms with Crippen molar-refractivity contribution in [1.29, 1.82) is 0 Å². The van der Waals surface area contributed by atoms with Gasteiger partial charge in [-0.25, -0.2) is 10.2 Å². The molecule has 2 rings (SSSR count). The van der Waals surface area contributed by atoms with Crippen molar-refractivity contribution in [2.75, 3.05) is 14.2 Å². The fraction of sp³-hybridized carbons (Fsp3) is 0.409. The van der Waals surface area contributed by atoms with Crippen molar-refractivity contribution in [2.24, 2.45) is 0 Å². The average Bonchev–Trinajstić information content (AvgIpc) is 2.71. The molecule has 0 aliphatic heterocycles. The highest BCUT2D eigenvalue weighted by atomic mass is 16.5. The number of hydrazine groups is 1. The fourth-order valence-corrected chi connectivity index (χ4v) is 3.02. The van der Waals surface area contributed by atoms with E-state index in [4.69, 9.17) is 4.74 Å². The molecule has 0 spiro atoms. The molecule has 0 bridgehead atoms. The number of carbonyl (C=O) groups excluding carboxylic acids is 2. The number of esters is 1. The summed E-state index contributed by atoms with van der Waals surface area (Å²) in [5.41, 5.74) is 5.44.